The molecular weight excluding hydrogens is 260 g/mol. The number of rotatable bonds is 7. The second-order valence-electron chi connectivity index (χ2n) is 4.33. The lowest BCUT2D eigenvalue weighted by atomic mass is 10.1. The lowest BCUT2D eigenvalue weighted by Gasteiger charge is -2.20. The third-order valence-corrected chi connectivity index (χ3v) is 2.88. The van der Waals surface area contributed by atoms with Crippen molar-refractivity contribution in [2.45, 2.75) is 0 Å². The number of para-hydroxylation sites is 1. The molecule has 0 aliphatic carbocycles. The number of hydrogen-bond acceptors (Lipinski definition) is 5. The fourth-order valence-electron chi connectivity index (χ4n) is 1.91. The highest BCUT2D eigenvalue weighted by Gasteiger charge is 2.19. The SMILES string of the molecule is COCCNCCNC(=O)c1cccc2c1OCCO2. The molecular formula is C14H20N2O4. The van der Waals surface area contributed by atoms with Crippen LogP contribution < -0.4 is 20.1 Å². The van der Waals surface area contributed by atoms with E-state index in [4.69, 9.17) is 14.2 Å². The summed E-state index contributed by atoms with van der Waals surface area (Å²) in [6.45, 7) is 3.65. The van der Waals surface area contributed by atoms with Crippen LogP contribution in [0.25, 0.3) is 0 Å². The highest BCUT2D eigenvalue weighted by molar-refractivity contribution is 5.97. The Labute approximate surface area is 118 Å². The molecule has 6 heteroatoms. The van der Waals surface area contributed by atoms with Crippen LogP contribution in [0.1, 0.15) is 10.4 Å². The summed E-state index contributed by atoms with van der Waals surface area (Å²) in [4.78, 5) is 12.1. The summed E-state index contributed by atoms with van der Waals surface area (Å²) < 4.78 is 15.9. The zero-order valence-corrected chi connectivity index (χ0v) is 11.6. The first-order valence-corrected chi connectivity index (χ1v) is 6.69. The number of nitrogens with one attached hydrogen (secondary N) is 2. The number of carbonyl (C=O) groups excluding carboxylic acids is 1. The number of amides is 1. The summed E-state index contributed by atoms with van der Waals surface area (Å²) in [6, 6.07) is 5.33. The molecule has 0 spiro atoms. The van der Waals surface area contributed by atoms with Gasteiger partial charge in [-0.15, -0.1) is 0 Å². The molecule has 1 aliphatic rings. The van der Waals surface area contributed by atoms with E-state index in [1.54, 1.807) is 25.3 Å². The van der Waals surface area contributed by atoms with Crippen molar-refractivity contribution >= 4 is 5.91 Å². The van der Waals surface area contributed by atoms with Gasteiger partial charge in [-0.3, -0.25) is 4.79 Å². The average molecular weight is 280 g/mol. The molecule has 0 saturated heterocycles. The zero-order valence-electron chi connectivity index (χ0n) is 11.6. The molecule has 0 atom stereocenters. The molecule has 0 saturated carbocycles. The quantitative estimate of drug-likeness (QED) is 0.709. The lowest BCUT2D eigenvalue weighted by molar-refractivity contribution is 0.0942. The van der Waals surface area contributed by atoms with E-state index in [2.05, 4.69) is 10.6 Å². The van der Waals surface area contributed by atoms with E-state index >= 15 is 0 Å². The minimum atomic E-state index is -0.152. The Morgan fingerprint density at radius 3 is 2.95 bits per heavy atom. The Morgan fingerprint density at radius 2 is 2.10 bits per heavy atom. The molecule has 1 amide bonds. The number of benzene rings is 1. The predicted molar refractivity (Wildman–Crippen MR) is 74.5 cm³/mol. The molecule has 6 nitrogen and oxygen atoms in total. The third kappa shape index (κ3) is 3.85. The van der Waals surface area contributed by atoms with Crippen LogP contribution in [0, 0.1) is 0 Å². The van der Waals surface area contributed by atoms with Gasteiger partial charge in [0.15, 0.2) is 11.5 Å². The summed E-state index contributed by atoms with van der Waals surface area (Å²) in [5, 5.41) is 6.01. The van der Waals surface area contributed by atoms with Gasteiger partial charge in [0.05, 0.1) is 12.2 Å². The summed E-state index contributed by atoms with van der Waals surface area (Å²) >= 11 is 0. The van der Waals surface area contributed by atoms with E-state index in [-0.39, 0.29) is 5.91 Å². The van der Waals surface area contributed by atoms with E-state index in [0.717, 1.165) is 6.54 Å². The summed E-state index contributed by atoms with van der Waals surface area (Å²) in [6.07, 6.45) is 0. The monoisotopic (exact) mass is 280 g/mol. The largest absolute Gasteiger partial charge is 0.486 e. The second-order valence-corrected chi connectivity index (χ2v) is 4.33. The maximum atomic E-state index is 12.1. The van der Waals surface area contributed by atoms with Gasteiger partial charge >= 0.3 is 0 Å². The van der Waals surface area contributed by atoms with Crippen molar-refractivity contribution in [2.24, 2.45) is 0 Å². The molecule has 1 aromatic rings. The average Bonchev–Trinajstić information content (AvgIpc) is 2.50. The van der Waals surface area contributed by atoms with Gasteiger partial charge in [-0.05, 0) is 12.1 Å². The van der Waals surface area contributed by atoms with Crippen molar-refractivity contribution in [1.82, 2.24) is 10.6 Å². The van der Waals surface area contributed by atoms with Crippen molar-refractivity contribution in [2.75, 3.05) is 46.6 Å². The second kappa shape index (κ2) is 7.72. The molecule has 0 aromatic heterocycles. The minimum absolute atomic E-state index is 0.152. The van der Waals surface area contributed by atoms with Gasteiger partial charge in [-0.1, -0.05) is 6.07 Å². The van der Waals surface area contributed by atoms with Gasteiger partial charge in [-0.25, -0.2) is 0 Å². The van der Waals surface area contributed by atoms with Gasteiger partial charge < -0.3 is 24.8 Å². The van der Waals surface area contributed by atoms with Crippen LogP contribution >= 0.6 is 0 Å². The third-order valence-electron chi connectivity index (χ3n) is 2.88. The van der Waals surface area contributed by atoms with Crippen LogP contribution in [0.4, 0.5) is 0 Å². The van der Waals surface area contributed by atoms with Gasteiger partial charge in [0, 0.05) is 26.7 Å². The van der Waals surface area contributed by atoms with E-state index in [1.807, 2.05) is 0 Å². The van der Waals surface area contributed by atoms with Crippen LogP contribution in [-0.2, 0) is 4.74 Å². The van der Waals surface area contributed by atoms with Crippen LogP contribution in [0.3, 0.4) is 0 Å². The fraction of sp³-hybridized carbons (Fsp3) is 0.500. The fourth-order valence-corrected chi connectivity index (χ4v) is 1.91. The maximum absolute atomic E-state index is 12.1. The smallest absolute Gasteiger partial charge is 0.255 e. The molecule has 2 N–H and O–H groups in total. The molecule has 20 heavy (non-hydrogen) atoms. The number of methoxy groups -OCH3 is 1. The molecule has 1 heterocycles. The molecule has 0 radical (unpaired) electrons. The lowest BCUT2D eigenvalue weighted by Crippen LogP contribution is -2.33. The van der Waals surface area contributed by atoms with Crippen molar-refractivity contribution < 1.29 is 19.0 Å². The number of fused-ring (bicyclic) bond motifs is 1. The maximum Gasteiger partial charge on any atom is 0.255 e. The predicted octanol–water partition coefficient (Wildman–Crippen LogP) is 0.424. The van der Waals surface area contributed by atoms with Gasteiger partial charge in [0.25, 0.3) is 5.91 Å². The molecule has 0 fully saturated rings. The Hall–Kier alpha value is -1.79. The van der Waals surface area contributed by atoms with Gasteiger partial charge in [0.2, 0.25) is 0 Å². The number of ether oxygens (including phenoxy) is 3. The standard InChI is InChI=1S/C14H20N2O4/c1-18-8-7-15-5-6-16-14(17)11-3-2-4-12-13(11)20-10-9-19-12/h2-4,15H,5-10H2,1H3,(H,16,17). The van der Waals surface area contributed by atoms with Crippen molar-refractivity contribution in [3.63, 3.8) is 0 Å². The van der Waals surface area contributed by atoms with Gasteiger partial charge in [0.1, 0.15) is 13.2 Å². The zero-order chi connectivity index (χ0) is 14.2. The van der Waals surface area contributed by atoms with Crippen molar-refractivity contribution in [1.29, 1.82) is 0 Å². The molecule has 0 unspecified atom stereocenters. The topological polar surface area (TPSA) is 68.8 Å². The number of hydrogen-bond donors (Lipinski definition) is 2. The first-order chi connectivity index (χ1) is 9.83. The molecule has 110 valence electrons. The first-order valence-electron chi connectivity index (χ1n) is 6.69. The molecule has 2 rings (SSSR count). The highest BCUT2D eigenvalue weighted by Crippen LogP contribution is 2.33. The van der Waals surface area contributed by atoms with Gasteiger partial charge in [-0.2, -0.15) is 0 Å². The molecule has 0 bridgehead atoms. The van der Waals surface area contributed by atoms with Crippen LogP contribution in [0.5, 0.6) is 11.5 Å². The Morgan fingerprint density at radius 1 is 1.25 bits per heavy atom. The van der Waals surface area contributed by atoms with Crippen LogP contribution in [0.15, 0.2) is 18.2 Å². The molecule has 1 aromatic carbocycles. The Balaban J connectivity index is 1.83. The highest BCUT2D eigenvalue weighted by atomic mass is 16.6. The van der Waals surface area contributed by atoms with E-state index < -0.39 is 0 Å². The summed E-state index contributed by atoms with van der Waals surface area (Å²) in [7, 11) is 1.66. The summed E-state index contributed by atoms with van der Waals surface area (Å²) in [5.74, 6) is 1.01. The van der Waals surface area contributed by atoms with E-state index in [0.29, 0.717) is 50.0 Å². The first kappa shape index (κ1) is 14.6. The number of carbonyl (C=O) groups is 1. The van der Waals surface area contributed by atoms with Crippen LogP contribution in [-0.4, -0.2) is 52.5 Å². The normalized spacial score (nSPS) is 13.1. The van der Waals surface area contributed by atoms with Crippen LogP contribution in [0.2, 0.25) is 0 Å². The Kier molecular flexibility index (Phi) is 5.64. The molecule has 1 aliphatic heterocycles. The van der Waals surface area contributed by atoms with Crippen molar-refractivity contribution in [3.05, 3.63) is 23.8 Å². The van der Waals surface area contributed by atoms with Crippen molar-refractivity contribution in [3.8, 4) is 11.5 Å². The van der Waals surface area contributed by atoms with E-state index in [9.17, 15) is 4.79 Å². The minimum Gasteiger partial charge on any atom is -0.486 e. The Bertz CT molecular complexity index is 451. The summed E-state index contributed by atoms with van der Waals surface area (Å²) in [5.41, 5.74) is 0.513. The van der Waals surface area contributed by atoms with E-state index in [1.165, 1.54) is 0 Å².